The van der Waals surface area contributed by atoms with Crippen molar-refractivity contribution < 1.29 is 9.15 Å². The van der Waals surface area contributed by atoms with Crippen molar-refractivity contribution in [3.05, 3.63) is 36.3 Å². The lowest BCUT2D eigenvalue weighted by molar-refractivity contribution is 0.183. The molecule has 2 heteroatoms. The average molecular weight is 166 g/mol. The normalized spacial score (nSPS) is 10.1. The first-order valence-corrected chi connectivity index (χ1v) is 4.03. The molecular formula is C10H14O2. The van der Waals surface area contributed by atoms with E-state index in [4.69, 9.17) is 9.15 Å². The van der Waals surface area contributed by atoms with Crippen LogP contribution >= 0.6 is 0 Å². The van der Waals surface area contributed by atoms with Crippen LogP contribution < -0.4 is 0 Å². The monoisotopic (exact) mass is 166 g/mol. The zero-order valence-electron chi connectivity index (χ0n) is 7.38. The fourth-order valence-electron chi connectivity index (χ4n) is 1.10. The average Bonchev–Trinajstić information content (AvgIpc) is 2.50. The van der Waals surface area contributed by atoms with Crippen molar-refractivity contribution in [2.75, 3.05) is 7.11 Å². The Morgan fingerprint density at radius 3 is 3.17 bits per heavy atom. The molecule has 0 unspecified atom stereocenters. The summed E-state index contributed by atoms with van der Waals surface area (Å²) >= 11 is 0. The van der Waals surface area contributed by atoms with E-state index in [0.29, 0.717) is 6.61 Å². The molecule has 12 heavy (non-hydrogen) atoms. The lowest BCUT2D eigenvalue weighted by atomic mass is 10.2. The Morgan fingerprint density at radius 1 is 1.67 bits per heavy atom. The third-order valence-electron chi connectivity index (χ3n) is 1.71. The molecule has 0 bridgehead atoms. The molecule has 0 fully saturated rings. The molecule has 0 aliphatic carbocycles. The van der Waals surface area contributed by atoms with Gasteiger partial charge in [0.05, 0.1) is 12.9 Å². The molecule has 66 valence electrons. The Morgan fingerprint density at radius 2 is 2.50 bits per heavy atom. The second kappa shape index (κ2) is 4.78. The molecule has 0 amide bonds. The Labute approximate surface area is 72.8 Å². The number of hydrogen-bond acceptors (Lipinski definition) is 2. The zero-order valence-corrected chi connectivity index (χ0v) is 7.38. The molecule has 1 aromatic heterocycles. The summed E-state index contributed by atoms with van der Waals surface area (Å²) < 4.78 is 10.3. The second-order valence-electron chi connectivity index (χ2n) is 2.63. The van der Waals surface area contributed by atoms with Crippen LogP contribution in [0.5, 0.6) is 0 Å². The molecule has 0 aromatic carbocycles. The molecule has 0 atom stereocenters. The summed E-state index contributed by atoms with van der Waals surface area (Å²) in [5.74, 6) is 1.01. The van der Waals surface area contributed by atoms with Gasteiger partial charge >= 0.3 is 0 Å². The van der Waals surface area contributed by atoms with Crippen LogP contribution in [0.2, 0.25) is 0 Å². The first-order valence-electron chi connectivity index (χ1n) is 4.03. The van der Waals surface area contributed by atoms with Gasteiger partial charge in [-0.2, -0.15) is 0 Å². The minimum Gasteiger partial charge on any atom is -0.469 e. The van der Waals surface area contributed by atoms with Gasteiger partial charge in [0, 0.05) is 19.1 Å². The molecule has 1 rings (SSSR count). The van der Waals surface area contributed by atoms with E-state index in [1.807, 2.05) is 12.1 Å². The first kappa shape index (κ1) is 9.07. The predicted molar refractivity (Wildman–Crippen MR) is 47.9 cm³/mol. The highest BCUT2D eigenvalue weighted by Crippen LogP contribution is 2.13. The van der Waals surface area contributed by atoms with E-state index in [-0.39, 0.29) is 0 Å². The summed E-state index contributed by atoms with van der Waals surface area (Å²) in [4.78, 5) is 0. The van der Waals surface area contributed by atoms with Crippen LogP contribution in [0.3, 0.4) is 0 Å². The highest BCUT2D eigenvalue weighted by Gasteiger charge is 2.03. The molecule has 0 saturated heterocycles. The molecule has 2 nitrogen and oxygen atoms in total. The van der Waals surface area contributed by atoms with Crippen LogP contribution in [0.1, 0.15) is 17.7 Å². The largest absolute Gasteiger partial charge is 0.469 e. The summed E-state index contributed by atoms with van der Waals surface area (Å²) in [5.41, 5.74) is 1.14. The van der Waals surface area contributed by atoms with Gasteiger partial charge in [-0.1, -0.05) is 6.08 Å². The molecular weight excluding hydrogens is 152 g/mol. The lowest BCUT2D eigenvalue weighted by Crippen LogP contribution is -1.90. The number of allylic oxidation sites excluding steroid dienone is 1. The quantitative estimate of drug-likeness (QED) is 0.627. The fourth-order valence-corrected chi connectivity index (χ4v) is 1.10. The summed E-state index contributed by atoms with van der Waals surface area (Å²) in [6, 6.07) is 1.95. The van der Waals surface area contributed by atoms with Gasteiger partial charge in [0.1, 0.15) is 5.76 Å². The summed E-state index contributed by atoms with van der Waals surface area (Å²) in [7, 11) is 1.68. The maximum absolute atomic E-state index is 5.29. The van der Waals surface area contributed by atoms with Crippen LogP contribution in [-0.2, 0) is 17.8 Å². The fraction of sp³-hybridized carbons (Fsp3) is 0.400. The highest BCUT2D eigenvalue weighted by atomic mass is 16.5. The van der Waals surface area contributed by atoms with Crippen molar-refractivity contribution in [3.8, 4) is 0 Å². The molecule has 1 heterocycles. The third-order valence-corrected chi connectivity index (χ3v) is 1.71. The molecule has 1 aromatic rings. The standard InChI is InChI=1S/C10H14O2/c1-3-4-5-10-9(8-11-2)6-7-12-10/h3,6-7H,1,4-5,8H2,2H3. The van der Waals surface area contributed by atoms with Crippen molar-refractivity contribution in [1.29, 1.82) is 0 Å². The number of aryl methyl sites for hydroxylation is 1. The predicted octanol–water partition coefficient (Wildman–Crippen LogP) is 2.54. The van der Waals surface area contributed by atoms with E-state index in [0.717, 1.165) is 24.2 Å². The molecule has 0 aliphatic rings. The lowest BCUT2D eigenvalue weighted by Gasteiger charge is -1.98. The third kappa shape index (κ3) is 2.24. The van der Waals surface area contributed by atoms with Crippen molar-refractivity contribution in [1.82, 2.24) is 0 Å². The SMILES string of the molecule is C=CCCc1occc1COC. The van der Waals surface area contributed by atoms with Gasteiger partial charge in [-0.25, -0.2) is 0 Å². The van der Waals surface area contributed by atoms with Crippen molar-refractivity contribution in [3.63, 3.8) is 0 Å². The molecule has 0 saturated carbocycles. The number of ether oxygens (including phenoxy) is 1. The van der Waals surface area contributed by atoms with Gasteiger partial charge in [-0.3, -0.25) is 0 Å². The van der Waals surface area contributed by atoms with Crippen molar-refractivity contribution in [2.24, 2.45) is 0 Å². The Kier molecular flexibility index (Phi) is 3.61. The summed E-state index contributed by atoms with van der Waals surface area (Å²) in [6.07, 6.45) is 5.45. The maximum atomic E-state index is 5.29. The molecule has 0 aliphatic heterocycles. The summed E-state index contributed by atoms with van der Waals surface area (Å²) in [5, 5.41) is 0. The second-order valence-corrected chi connectivity index (χ2v) is 2.63. The number of furan rings is 1. The minimum atomic E-state index is 0.628. The Balaban J connectivity index is 2.56. The van der Waals surface area contributed by atoms with E-state index < -0.39 is 0 Å². The Bertz CT molecular complexity index is 238. The van der Waals surface area contributed by atoms with Crippen LogP contribution in [0.15, 0.2) is 29.4 Å². The van der Waals surface area contributed by atoms with Crippen molar-refractivity contribution >= 4 is 0 Å². The molecule has 0 spiro atoms. The van der Waals surface area contributed by atoms with Gasteiger partial charge in [-0.15, -0.1) is 6.58 Å². The Hall–Kier alpha value is -1.02. The number of rotatable bonds is 5. The van der Waals surface area contributed by atoms with E-state index >= 15 is 0 Å². The van der Waals surface area contributed by atoms with E-state index in [9.17, 15) is 0 Å². The van der Waals surface area contributed by atoms with Gasteiger partial charge in [0.25, 0.3) is 0 Å². The first-order chi connectivity index (χ1) is 5.88. The summed E-state index contributed by atoms with van der Waals surface area (Å²) in [6.45, 7) is 4.29. The molecule has 0 N–H and O–H groups in total. The van der Waals surface area contributed by atoms with Crippen molar-refractivity contribution in [2.45, 2.75) is 19.4 Å². The van der Waals surface area contributed by atoms with Crippen LogP contribution in [-0.4, -0.2) is 7.11 Å². The minimum absolute atomic E-state index is 0.628. The topological polar surface area (TPSA) is 22.4 Å². The van der Waals surface area contributed by atoms with Gasteiger partial charge in [0.15, 0.2) is 0 Å². The van der Waals surface area contributed by atoms with Crippen LogP contribution in [0, 0.1) is 0 Å². The smallest absolute Gasteiger partial charge is 0.109 e. The molecule has 0 radical (unpaired) electrons. The van der Waals surface area contributed by atoms with E-state index in [1.165, 1.54) is 0 Å². The van der Waals surface area contributed by atoms with E-state index in [1.54, 1.807) is 13.4 Å². The maximum Gasteiger partial charge on any atom is 0.109 e. The number of methoxy groups -OCH3 is 1. The van der Waals surface area contributed by atoms with Gasteiger partial charge in [0.2, 0.25) is 0 Å². The van der Waals surface area contributed by atoms with Gasteiger partial charge < -0.3 is 9.15 Å². The zero-order chi connectivity index (χ0) is 8.81. The van der Waals surface area contributed by atoms with Crippen LogP contribution in [0.4, 0.5) is 0 Å². The number of hydrogen-bond donors (Lipinski definition) is 0. The van der Waals surface area contributed by atoms with Crippen LogP contribution in [0.25, 0.3) is 0 Å². The van der Waals surface area contributed by atoms with E-state index in [2.05, 4.69) is 6.58 Å². The van der Waals surface area contributed by atoms with Gasteiger partial charge in [-0.05, 0) is 12.5 Å². The highest BCUT2D eigenvalue weighted by molar-refractivity contribution is 5.16.